The van der Waals surface area contributed by atoms with Crippen molar-refractivity contribution in [3.8, 4) is 0 Å². The molecule has 0 rings (SSSR count). The summed E-state index contributed by atoms with van der Waals surface area (Å²) in [5.41, 5.74) is 0. The molecule has 0 saturated heterocycles. The smallest absolute Gasteiger partial charge is 0 e. The maximum absolute atomic E-state index is 8.33. The standard InChI is InChI=1S/3CH2O3.H2O.U/c3*2-1(3)4;;/h3*(H2,2,3,4);1H2;/p-6. The van der Waals surface area contributed by atoms with Gasteiger partial charge in [-0.25, -0.2) is 0 Å². The minimum Gasteiger partial charge on any atom is -0.652 e. The van der Waals surface area contributed by atoms with Crippen LogP contribution < -0.4 is 30.6 Å². The van der Waals surface area contributed by atoms with Crippen LogP contribution in [0.4, 0.5) is 14.4 Å². The van der Waals surface area contributed by atoms with Crippen molar-refractivity contribution >= 4 is 18.5 Å². The molecule has 14 heavy (non-hydrogen) atoms. The molecule has 2 N–H and O–H groups in total. The van der Waals surface area contributed by atoms with Gasteiger partial charge < -0.3 is 50.5 Å². The molecule has 0 bridgehead atoms. The second-order valence-electron chi connectivity index (χ2n) is 0.750. The summed E-state index contributed by atoms with van der Waals surface area (Å²) in [6.07, 6.45) is -7.00. The van der Waals surface area contributed by atoms with Crippen LogP contribution in [0.25, 0.3) is 0 Å². The maximum Gasteiger partial charge on any atom is 0 e. The van der Waals surface area contributed by atoms with Crippen LogP contribution >= 0.6 is 0 Å². The average molecular weight is 436 g/mol. The van der Waals surface area contributed by atoms with E-state index in [0.717, 1.165) is 0 Å². The Morgan fingerprint density at radius 1 is 0.571 bits per heavy atom. The molecular weight excluding hydrogens is 434 g/mol. The first-order chi connectivity index (χ1) is 5.20. The SMILES string of the molecule is O.O=C([O-])[O-].O=C([O-])[O-].O=C([O-])[O-].[U]. The van der Waals surface area contributed by atoms with E-state index < -0.39 is 18.5 Å². The van der Waals surface area contributed by atoms with Gasteiger partial charge in [-0.05, 0) is 18.5 Å². The van der Waals surface area contributed by atoms with Gasteiger partial charge in [0.05, 0.1) is 0 Å². The third kappa shape index (κ3) is 752. The Morgan fingerprint density at radius 3 is 0.571 bits per heavy atom. The van der Waals surface area contributed by atoms with Crippen LogP contribution in [0.5, 0.6) is 0 Å². The summed E-state index contributed by atoms with van der Waals surface area (Å²) in [7, 11) is 0. The van der Waals surface area contributed by atoms with Crippen LogP contribution in [0.3, 0.4) is 0 Å². The summed E-state index contributed by atoms with van der Waals surface area (Å²) in [5.74, 6) is 0. The summed E-state index contributed by atoms with van der Waals surface area (Å²) in [4.78, 5) is 25.0. The third-order valence-electron chi connectivity index (χ3n) is 0. The van der Waals surface area contributed by atoms with Crippen molar-refractivity contribution in [2.45, 2.75) is 0 Å². The van der Waals surface area contributed by atoms with Crippen molar-refractivity contribution in [1.29, 1.82) is 0 Å². The van der Waals surface area contributed by atoms with Gasteiger partial charge in [0, 0.05) is 31.1 Å². The fourth-order valence-corrected chi connectivity index (χ4v) is 0. The van der Waals surface area contributed by atoms with Gasteiger partial charge in [-0.15, -0.1) is 0 Å². The molecule has 0 atom stereocenters. The molecule has 10 nitrogen and oxygen atoms in total. The van der Waals surface area contributed by atoms with E-state index >= 15 is 0 Å². The van der Waals surface area contributed by atoms with Gasteiger partial charge in [-0.2, -0.15) is 0 Å². The van der Waals surface area contributed by atoms with E-state index in [1.165, 1.54) is 0 Å². The van der Waals surface area contributed by atoms with Crippen LogP contribution in [0.2, 0.25) is 0 Å². The summed E-state index contributed by atoms with van der Waals surface area (Å²) < 4.78 is 0. The van der Waals surface area contributed by atoms with E-state index in [0.29, 0.717) is 0 Å². The molecule has 11 heteroatoms. The van der Waals surface area contributed by atoms with Gasteiger partial charge in [-0.3, -0.25) is 0 Å². The van der Waals surface area contributed by atoms with Gasteiger partial charge >= 0.3 is 0 Å². The molecule has 0 unspecified atom stereocenters. The van der Waals surface area contributed by atoms with Crippen molar-refractivity contribution in [2.75, 3.05) is 0 Å². The van der Waals surface area contributed by atoms with Crippen LogP contribution in [0.1, 0.15) is 0 Å². The Labute approximate surface area is 100 Å². The summed E-state index contributed by atoms with van der Waals surface area (Å²) in [6, 6.07) is 0. The largest absolute Gasteiger partial charge is 0.652 e. The van der Waals surface area contributed by atoms with Crippen LogP contribution in [0.15, 0.2) is 0 Å². The molecule has 0 aromatic heterocycles. The molecule has 0 spiro atoms. The number of carboxylic acid groups (broad SMARTS) is 6. The maximum atomic E-state index is 8.33. The molecule has 0 radical (unpaired) electrons. The molecule has 0 fully saturated rings. The molecule has 0 saturated carbocycles. The van der Waals surface area contributed by atoms with E-state index in [-0.39, 0.29) is 36.6 Å². The molecule has 0 aromatic rings. The minimum atomic E-state index is -2.33. The van der Waals surface area contributed by atoms with Gasteiger partial charge in [0.25, 0.3) is 0 Å². The topological polar surface area (TPSA) is 221 Å². The van der Waals surface area contributed by atoms with E-state index in [4.69, 9.17) is 45.0 Å². The Hall–Kier alpha value is -1.18. The third-order valence-corrected chi connectivity index (χ3v) is 0. The molecule has 0 amide bonds. The Balaban J connectivity index is -0.0000000270. The van der Waals surface area contributed by atoms with Crippen molar-refractivity contribution < 1.29 is 81.6 Å². The van der Waals surface area contributed by atoms with Crippen molar-refractivity contribution in [3.63, 3.8) is 0 Å². The molecular formula is C3H2O10U-6. The van der Waals surface area contributed by atoms with Gasteiger partial charge in [0.2, 0.25) is 0 Å². The second-order valence-corrected chi connectivity index (χ2v) is 0.750. The predicted molar refractivity (Wildman–Crippen MR) is 19.8 cm³/mol. The molecule has 0 aromatic carbocycles. The normalized spacial score (nSPS) is 5.14. The fraction of sp³-hybridized carbons (Fsp3) is 0. The van der Waals surface area contributed by atoms with Crippen molar-refractivity contribution in [2.24, 2.45) is 0 Å². The summed E-state index contributed by atoms with van der Waals surface area (Å²) >= 11 is 0. The zero-order valence-corrected chi connectivity index (χ0v) is 10.3. The number of hydrogen-bond acceptors (Lipinski definition) is 9. The van der Waals surface area contributed by atoms with Crippen LogP contribution in [-0.4, -0.2) is 23.9 Å². The van der Waals surface area contributed by atoms with Crippen molar-refractivity contribution in [3.05, 3.63) is 0 Å². The van der Waals surface area contributed by atoms with Crippen molar-refractivity contribution in [1.82, 2.24) is 0 Å². The first-order valence-electron chi connectivity index (χ1n) is 1.84. The zero-order valence-electron chi connectivity index (χ0n) is 6.17. The quantitative estimate of drug-likeness (QED) is 0.351. The molecule has 0 heterocycles. The van der Waals surface area contributed by atoms with Crippen LogP contribution in [-0.2, 0) is 0 Å². The number of hydrogen-bond donors (Lipinski definition) is 0. The number of carbonyl (C=O) groups excluding carboxylic acids is 3. The summed E-state index contributed by atoms with van der Waals surface area (Å²) in [5, 5.41) is 50.0. The van der Waals surface area contributed by atoms with Gasteiger partial charge in [-0.1, -0.05) is 0 Å². The summed E-state index contributed by atoms with van der Waals surface area (Å²) in [6.45, 7) is 0. The molecule has 0 aliphatic heterocycles. The zero-order chi connectivity index (χ0) is 10.7. The van der Waals surface area contributed by atoms with Gasteiger partial charge in [0.15, 0.2) is 0 Å². The van der Waals surface area contributed by atoms with E-state index in [1.54, 1.807) is 0 Å². The number of rotatable bonds is 0. The Morgan fingerprint density at radius 2 is 0.571 bits per heavy atom. The molecule has 84 valence electrons. The van der Waals surface area contributed by atoms with Crippen LogP contribution in [0, 0.1) is 31.1 Å². The van der Waals surface area contributed by atoms with E-state index in [1.807, 2.05) is 0 Å². The Bertz CT molecular complexity index is 113. The fourth-order valence-electron chi connectivity index (χ4n) is 0. The number of carbonyl (C=O) groups is 3. The second kappa shape index (κ2) is 22.6. The first-order valence-corrected chi connectivity index (χ1v) is 1.84. The first kappa shape index (κ1) is 29.3. The Kier molecular flexibility index (Phi) is 47.3. The van der Waals surface area contributed by atoms with E-state index in [9.17, 15) is 0 Å². The van der Waals surface area contributed by atoms with Gasteiger partial charge in [0.1, 0.15) is 0 Å². The van der Waals surface area contributed by atoms with E-state index in [2.05, 4.69) is 0 Å². The average Bonchev–Trinajstić information content (AvgIpc) is 1.54. The predicted octanol–water partition coefficient (Wildman–Crippen LogP) is -8.17. The molecule has 0 aliphatic carbocycles. The monoisotopic (exact) mass is 436 g/mol. The molecule has 0 aliphatic rings. The minimum absolute atomic E-state index is 0.